The molecule has 0 atom stereocenters. The number of aromatic nitrogens is 4. The van der Waals surface area contributed by atoms with Crippen molar-refractivity contribution in [2.75, 3.05) is 7.05 Å². The van der Waals surface area contributed by atoms with Gasteiger partial charge >= 0.3 is 0 Å². The number of para-hydroxylation sites is 1. The monoisotopic (exact) mass is 411 g/mol. The van der Waals surface area contributed by atoms with Crippen LogP contribution in [-0.4, -0.2) is 31.7 Å². The summed E-state index contributed by atoms with van der Waals surface area (Å²) in [7, 11) is 2.09. The molecule has 156 valence electrons. The third-order valence-corrected chi connectivity index (χ3v) is 5.30. The molecule has 5 aromatic rings. The number of H-pyrrole nitrogens is 1. The molecule has 3 heterocycles. The molecule has 0 aliphatic rings. The summed E-state index contributed by atoms with van der Waals surface area (Å²) in [6, 6.07) is 20.5. The Bertz CT molecular complexity index is 1260. The zero-order valence-corrected chi connectivity index (χ0v) is 17.7. The van der Waals surface area contributed by atoms with Gasteiger partial charge in [0.05, 0.1) is 13.1 Å². The second-order valence-corrected chi connectivity index (χ2v) is 8.02. The standard InChI is InChI=1S/C25H25N5O/c1-18-13-26-24(27-18)17-29(2)15-21-16-30(14-19-8-4-3-5-9-19)28-25(21)23-12-20-10-6-7-11-22(20)31-23/h3-13,16H,14-15,17H2,1-2H3,(H,26,27). The van der Waals surface area contributed by atoms with E-state index in [1.807, 2.05) is 42.1 Å². The number of aryl methyl sites for hydroxylation is 1. The molecule has 0 radical (unpaired) electrons. The maximum Gasteiger partial charge on any atom is 0.156 e. The fraction of sp³-hybridized carbons (Fsp3) is 0.200. The number of furan rings is 1. The first-order valence-corrected chi connectivity index (χ1v) is 10.4. The van der Waals surface area contributed by atoms with Crippen molar-refractivity contribution in [2.45, 2.75) is 26.6 Å². The summed E-state index contributed by atoms with van der Waals surface area (Å²) in [5.74, 6) is 1.76. The molecular weight excluding hydrogens is 386 g/mol. The van der Waals surface area contributed by atoms with Crippen molar-refractivity contribution in [1.82, 2.24) is 24.6 Å². The Kier molecular flexibility index (Phi) is 5.14. The molecule has 3 aromatic heterocycles. The van der Waals surface area contributed by atoms with Gasteiger partial charge in [0.2, 0.25) is 0 Å². The molecule has 0 amide bonds. The lowest BCUT2D eigenvalue weighted by Crippen LogP contribution is -2.18. The zero-order valence-electron chi connectivity index (χ0n) is 17.7. The van der Waals surface area contributed by atoms with Crippen LogP contribution < -0.4 is 0 Å². The Morgan fingerprint density at radius 3 is 2.61 bits per heavy atom. The number of nitrogens with one attached hydrogen (secondary N) is 1. The molecule has 0 aliphatic carbocycles. The summed E-state index contributed by atoms with van der Waals surface area (Å²) in [5.41, 5.74) is 5.17. The number of fused-ring (bicyclic) bond motifs is 1. The fourth-order valence-electron chi connectivity index (χ4n) is 3.89. The molecule has 0 spiro atoms. The van der Waals surface area contributed by atoms with Crippen LogP contribution in [0.1, 0.15) is 22.6 Å². The molecule has 0 fully saturated rings. The average Bonchev–Trinajstić information content (AvgIpc) is 3.47. The minimum absolute atomic E-state index is 0.717. The van der Waals surface area contributed by atoms with Crippen molar-refractivity contribution in [3.05, 3.63) is 95.7 Å². The molecule has 31 heavy (non-hydrogen) atoms. The van der Waals surface area contributed by atoms with E-state index in [1.54, 1.807) is 0 Å². The highest BCUT2D eigenvalue weighted by Crippen LogP contribution is 2.30. The third kappa shape index (κ3) is 4.29. The molecule has 1 N–H and O–H groups in total. The molecule has 6 nitrogen and oxygen atoms in total. The highest BCUT2D eigenvalue weighted by molar-refractivity contribution is 5.82. The van der Waals surface area contributed by atoms with E-state index in [2.05, 4.69) is 64.5 Å². The minimum Gasteiger partial charge on any atom is -0.454 e. The van der Waals surface area contributed by atoms with Gasteiger partial charge in [0.25, 0.3) is 0 Å². The lowest BCUT2D eigenvalue weighted by molar-refractivity contribution is 0.311. The Morgan fingerprint density at radius 1 is 1.03 bits per heavy atom. The second-order valence-electron chi connectivity index (χ2n) is 8.02. The predicted octanol–water partition coefficient (Wildman–Crippen LogP) is 5.01. The maximum absolute atomic E-state index is 6.15. The van der Waals surface area contributed by atoms with Gasteiger partial charge in [0.15, 0.2) is 5.76 Å². The van der Waals surface area contributed by atoms with Crippen molar-refractivity contribution in [3.8, 4) is 11.5 Å². The number of benzene rings is 2. The quantitative estimate of drug-likeness (QED) is 0.409. The van der Waals surface area contributed by atoms with Gasteiger partial charge in [-0.3, -0.25) is 9.58 Å². The molecule has 6 heteroatoms. The number of hydrogen-bond donors (Lipinski definition) is 1. The van der Waals surface area contributed by atoms with Gasteiger partial charge in [-0.05, 0) is 31.7 Å². The Morgan fingerprint density at radius 2 is 1.84 bits per heavy atom. The van der Waals surface area contributed by atoms with E-state index >= 15 is 0 Å². The molecule has 5 rings (SSSR count). The number of aromatic amines is 1. The van der Waals surface area contributed by atoms with Crippen molar-refractivity contribution in [3.63, 3.8) is 0 Å². The molecule has 2 aromatic carbocycles. The first kappa shape index (κ1) is 19.3. The highest BCUT2D eigenvalue weighted by atomic mass is 16.3. The Labute approximate surface area is 181 Å². The van der Waals surface area contributed by atoms with Crippen molar-refractivity contribution < 1.29 is 4.42 Å². The van der Waals surface area contributed by atoms with E-state index in [0.717, 1.165) is 59.1 Å². The zero-order chi connectivity index (χ0) is 21.2. The third-order valence-electron chi connectivity index (χ3n) is 5.30. The van der Waals surface area contributed by atoms with Crippen LogP contribution >= 0.6 is 0 Å². The first-order valence-electron chi connectivity index (χ1n) is 10.4. The molecular formula is C25H25N5O. The number of hydrogen-bond acceptors (Lipinski definition) is 4. The van der Waals surface area contributed by atoms with E-state index in [0.29, 0.717) is 0 Å². The molecule has 0 saturated heterocycles. The van der Waals surface area contributed by atoms with Crippen LogP contribution in [-0.2, 0) is 19.6 Å². The summed E-state index contributed by atoms with van der Waals surface area (Å²) in [6.07, 6.45) is 3.99. The Hall–Kier alpha value is -3.64. The summed E-state index contributed by atoms with van der Waals surface area (Å²) < 4.78 is 8.15. The largest absolute Gasteiger partial charge is 0.454 e. The molecule has 0 saturated carbocycles. The molecule has 0 aliphatic heterocycles. The van der Waals surface area contributed by atoms with Crippen molar-refractivity contribution >= 4 is 11.0 Å². The van der Waals surface area contributed by atoms with E-state index in [-0.39, 0.29) is 0 Å². The summed E-state index contributed by atoms with van der Waals surface area (Å²) in [4.78, 5) is 9.96. The minimum atomic E-state index is 0.717. The van der Waals surface area contributed by atoms with Crippen LogP contribution in [0.15, 0.2) is 77.5 Å². The smallest absolute Gasteiger partial charge is 0.156 e. The van der Waals surface area contributed by atoms with E-state index in [9.17, 15) is 0 Å². The first-order chi connectivity index (χ1) is 15.1. The van der Waals surface area contributed by atoms with E-state index < -0.39 is 0 Å². The van der Waals surface area contributed by atoms with Gasteiger partial charge in [-0.25, -0.2) is 4.98 Å². The van der Waals surface area contributed by atoms with Crippen LogP contribution in [0.3, 0.4) is 0 Å². The SMILES string of the molecule is Cc1cnc(CN(C)Cc2cn(Cc3ccccc3)nc2-c2cc3ccccc3o2)[nH]1. The van der Waals surface area contributed by atoms with Gasteiger partial charge in [-0.1, -0.05) is 48.5 Å². The van der Waals surface area contributed by atoms with Crippen LogP contribution in [0.2, 0.25) is 0 Å². The highest BCUT2D eigenvalue weighted by Gasteiger charge is 2.18. The summed E-state index contributed by atoms with van der Waals surface area (Å²) in [6.45, 7) is 4.21. The van der Waals surface area contributed by atoms with Gasteiger partial charge in [0.1, 0.15) is 17.1 Å². The van der Waals surface area contributed by atoms with Crippen molar-refractivity contribution in [1.29, 1.82) is 0 Å². The molecule has 0 unspecified atom stereocenters. The van der Waals surface area contributed by atoms with Gasteiger partial charge in [0, 0.05) is 35.6 Å². The van der Waals surface area contributed by atoms with Gasteiger partial charge in [-0.2, -0.15) is 5.10 Å². The van der Waals surface area contributed by atoms with E-state index in [1.165, 1.54) is 5.56 Å². The summed E-state index contributed by atoms with van der Waals surface area (Å²) in [5, 5.41) is 5.99. The van der Waals surface area contributed by atoms with Gasteiger partial charge < -0.3 is 9.40 Å². The molecule has 0 bridgehead atoms. The van der Waals surface area contributed by atoms with Crippen molar-refractivity contribution in [2.24, 2.45) is 0 Å². The predicted molar refractivity (Wildman–Crippen MR) is 121 cm³/mol. The van der Waals surface area contributed by atoms with Crippen LogP contribution in [0.4, 0.5) is 0 Å². The Balaban J connectivity index is 1.46. The lowest BCUT2D eigenvalue weighted by Gasteiger charge is -2.14. The second kappa shape index (κ2) is 8.24. The van der Waals surface area contributed by atoms with Crippen LogP contribution in [0.5, 0.6) is 0 Å². The summed E-state index contributed by atoms with van der Waals surface area (Å²) >= 11 is 0. The topological polar surface area (TPSA) is 62.9 Å². The average molecular weight is 412 g/mol. The number of nitrogens with zero attached hydrogens (tertiary/aromatic N) is 4. The van der Waals surface area contributed by atoms with Crippen LogP contribution in [0.25, 0.3) is 22.4 Å². The van der Waals surface area contributed by atoms with Gasteiger partial charge in [-0.15, -0.1) is 0 Å². The number of rotatable bonds is 7. The maximum atomic E-state index is 6.15. The van der Waals surface area contributed by atoms with E-state index in [4.69, 9.17) is 9.52 Å². The number of imidazole rings is 1. The fourth-order valence-corrected chi connectivity index (χ4v) is 3.89. The van der Waals surface area contributed by atoms with Crippen LogP contribution in [0, 0.1) is 6.92 Å². The normalized spacial score (nSPS) is 11.6. The lowest BCUT2D eigenvalue weighted by atomic mass is 10.2.